The summed E-state index contributed by atoms with van der Waals surface area (Å²) < 4.78 is 38.2. The highest BCUT2D eigenvalue weighted by Crippen LogP contribution is 2.38. The number of aromatic hydroxyl groups is 1. The molecule has 5 rings (SSSR count). The molecule has 1 amide bonds. The molecule has 0 saturated carbocycles. The van der Waals surface area contributed by atoms with Crippen LogP contribution in [0.25, 0.3) is 22.3 Å². The average molecular weight is 623 g/mol. The van der Waals surface area contributed by atoms with Crippen molar-refractivity contribution in [2.75, 3.05) is 24.5 Å². The fourth-order valence-corrected chi connectivity index (χ4v) is 6.15. The Morgan fingerprint density at radius 3 is 2.49 bits per heavy atom. The molecule has 0 bridgehead atoms. The van der Waals surface area contributed by atoms with E-state index < -0.39 is 52.1 Å². The van der Waals surface area contributed by atoms with Crippen LogP contribution >= 0.6 is 0 Å². The van der Waals surface area contributed by atoms with Crippen LogP contribution in [0.3, 0.4) is 0 Å². The number of fused-ring (bicyclic) bond motifs is 1. The van der Waals surface area contributed by atoms with Crippen molar-refractivity contribution in [3.63, 3.8) is 0 Å². The first-order chi connectivity index (χ1) is 21.2. The van der Waals surface area contributed by atoms with Crippen LogP contribution < -0.4 is 10.6 Å². The van der Waals surface area contributed by atoms with Crippen LogP contribution in [0.4, 0.5) is 19.4 Å². The molecule has 2 unspecified atom stereocenters. The summed E-state index contributed by atoms with van der Waals surface area (Å²) in [6.07, 6.45) is 4.57. The molecule has 2 aliphatic rings. The number of amides is 1. The molecule has 1 N–H and O–H groups in total. The number of nitrogens with zero attached hydrogens (tertiary/aromatic N) is 6. The largest absolute Gasteiger partial charge is 0.507 e. The van der Waals surface area contributed by atoms with Crippen molar-refractivity contribution in [3.05, 3.63) is 57.5 Å². The number of allylic oxidation sites excluding steroid dienone is 1. The monoisotopic (exact) mass is 622 g/mol. The van der Waals surface area contributed by atoms with E-state index in [4.69, 9.17) is 4.74 Å². The Labute approximate surface area is 261 Å². The quantitative estimate of drug-likeness (QED) is 0.375. The van der Waals surface area contributed by atoms with E-state index in [9.17, 15) is 14.7 Å². The molecule has 2 aromatic heterocycles. The summed E-state index contributed by atoms with van der Waals surface area (Å²) in [6, 6.07) is 2.55. The summed E-state index contributed by atoms with van der Waals surface area (Å²) >= 11 is 0. The number of rotatable bonds is 5. The Kier molecular flexibility index (Phi) is 8.70. The van der Waals surface area contributed by atoms with Crippen LogP contribution in [0.5, 0.6) is 5.75 Å². The van der Waals surface area contributed by atoms with Crippen molar-refractivity contribution in [1.82, 2.24) is 19.4 Å². The number of pyridine rings is 1. The number of hydrogen-bond donors (Lipinski definition) is 1. The van der Waals surface area contributed by atoms with Gasteiger partial charge in [-0.25, -0.2) is 23.4 Å². The van der Waals surface area contributed by atoms with E-state index in [0.717, 1.165) is 12.0 Å². The third kappa shape index (κ3) is 6.27. The number of phenols is 1. The minimum atomic E-state index is -0.882. The molecule has 45 heavy (non-hydrogen) atoms. The number of carbonyl (C=O) groups is 1. The van der Waals surface area contributed by atoms with Crippen molar-refractivity contribution in [2.24, 2.45) is 4.99 Å². The number of aliphatic imine (C=N–C) groups is 1. The molecule has 3 aromatic rings. The predicted molar refractivity (Wildman–Crippen MR) is 170 cm³/mol. The summed E-state index contributed by atoms with van der Waals surface area (Å²) in [5.74, 6) is -1.97. The Hall–Kier alpha value is -4.35. The molecule has 4 heterocycles. The zero-order valence-electron chi connectivity index (χ0n) is 26.8. The molecule has 0 radical (unpaired) electrons. The van der Waals surface area contributed by atoms with Gasteiger partial charge in [-0.15, -0.1) is 0 Å². The van der Waals surface area contributed by atoms with E-state index in [1.807, 2.05) is 31.7 Å². The average Bonchev–Trinajstić information content (AvgIpc) is 2.93. The van der Waals surface area contributed by atoms with Crippen molar-refractivity contribution in [3.8, 4) is 17.0 Å². The van der Waals surface area contributed by atoms with Crippen LogP contribution in [0.2, 0.25) is 0 Å². The summed E-state index contributed by atoms with van der Waals surface area (Å²) in [5, 5.41) is 10.9. The lowest BCUT2D eigenvalue weighted by atomic mass is 9.94. The molecule has 12 heteroatoms. The van der Waals surface area contributed by atoms with E-state index in [2.05, 4.69) is 15.0 Å². The van der Waals surface area contributed by atoms with Gasteiger partial charge in [0.15, 0.2) is 5.82 Å². The van der Waals surface area contributed by atoms with E-state index in [1.54, 1.807) is 38.8 Å². The van der Waals surface area contributed by atoms with Gasteiger partial charge in [0, 0.05) is 31.9 Å². The van der Waals surface area contributed by atoms with E-state index in [0.29, 0.717) is 25.1 Å². The zero-order valence-corrected chi connectivity index (χ0v) is 26.8. The van der Waals surface area contributed by atoms with E-state index in [1.165, 1.54) is 22.8 Å². The number of piperazine rings is 1. The van der Waals surface area contributed by atoms with Crippen LogP contribution in [0, 0.1) is 18.6 Å². The van der Waals surface area contributed by atoms with Gasteiger partial charge in [-0.3, -0.25) is 9.56 Å². The molecule has 1 saturated heterocycles. The number of halogens is 2. The highest BCUT2D eigenvalue weighted by molar-refractivity contribution is 5.90. The minimum Gasteiger partial charge on any atom is -0.507 e. The molecule has 3 atom stereocenters. The van der Waals surface area contributed by atoms with Gasteiger partial charge in [0.05, 0.1) is 23.0 Å². The maximum Gasteiger partial charge on any atom is 0.410 e. The number of carbonyl (C=O) groups excluding carboxylic acids is 1. The number of aryl methyl sites for hydroxylation is 1. The predicted octanol–water partition coefficient (Wildman–Crippen LogP) is 5.94. The summed E-state index contributed by atoms with van der Waals surface area (Å²) in [5.41, 5.74) is -0.683. The number of benzene rings is 1. The van der Waals surface area contributed by atoms with Gasteiger partial charge >= 0.3 is 11.8 Å². The topological polar surface area (TPSA) is 113 Å². The van der Waals surface area contributed by atoms with Gasteiger partial charge in [0.2, 0.25) is 0 Å². The lowest BCUT2D eigenvalue weighted by molar-refractivity contribution is 0.0218. The van der Waals surface area contributed by atoms with Crippen LogP contribution in [0.1, 0.15) is 66.0 Å². The first-order valence-electron chi connectivity index (χ1n) is 15.3. The van der Waals surface area contributed by atoms with Crippen LogP contribution in [-0.4, -0.2) is 74.2 Å². The number of hydrogen-bond acceptors (Lipinski definition) is 8. The van der Waals surface area contributed by atoms with E-state index >= 15 is 8.78 Å². The third-order valence-corrected chi connectivity index (χ3v) is 8.14. The molecule has 1 fully saturated rings. The van der Waals surface area contributed by atoms with Gasteiger partial charge in [-0.1, -0.05) is 13.3 Å². The lowest BCUT2D eigenvalue weighted by Gasteiger charge is -2.41. The number of ether oxygens (including phenoxy) is 1. The van der Waals surface area contributed by atoms with Gasteiger partial charge < -0.3 is 19.6 Å². The van der Waals surface area contributed by atoms with E-state index in [-0.39, 0.29) is 35.5 Å². The van der Waals surface area contributed by atoms with Crippen molar-refractivity contribution < 1.29 is 23.4 Å². The molecule has 240 valence electrons. The molecule has 0 aliphatic carbocycles. The first kappa shape index (κ1) is 32.1. The first-order valence-corrected chi connectivity index (χ1v) is 15.3. The second kappa shape index (κ2) is 12.2. The minimum absolute atomic E-state index is 0.0958. The number of anilines is 1. The fraction of sp³-hybridized carbons (Fsp3) is 0.485. The normalized spacial score (nSPS) is 20.5. The highest BCUT2D eigenvalue weighted by atomic mass is 19.1. The maximum atomic E-state index is 16.0. The van der Waals surface area contributed by atoms with Crippen LogP contribution in [-0.2, 0) is 4.74 Å². The molecule has 2 aliphatic heterocycles. The number of phenolic OH excluding ortho intramolecular Hbond substituents is 1. The third-order valence-electron chi connectivity index (χ3n) is 8.14. The number of aromatic nitrogens is 3. The molecule has 10 nitrogen and oxygen atoms in total. The number of dihydropyridines is 1. The summed E-state index contributed by atoms with van der Waals surface area (Å²) in [6.45, 7) is 13.7. The highest BCUT2D eigenvalue weighted by Gasteiger charge is 2.35. The van der Waals surface area contributed by atoms with Crippen molar-refractivity contribution in [2.45, 2.75) is 85.0 Å². The Bertz CT molecular complexity index is 1740. The summed E-state index contributed by atoms with van der Waals surface area (Å²) in [7, 11) is 0. The Morgan fingerprint density at radius 2 is 1.84 bits per heavy atom. The fourth-order valence-electron chi connectivity index (χ4n) is 6.15. The smallest absolute Gasteiger partial charge is 0.410 e. The maximum absolute atomic E-state index is 16.0. The van der Waals surface area contributed by atoms with Gasteiger partial charge in [0.1, 0.15) is 34.3 Å². The molecule has 0 spiro atoms. The standard InChI is InChI=1S/C33H40F2N6O4/c1-8-9-24-28(19(3)10-11-36-24)41-30-21(16-23(35)27(37-30)26-22(34)14-18(2)15-25(26)42)29(38-31(41)43)40-13-12-39(17-20(40)4)32(44)45-33(5,6)7/h10-11,14-16,20,24,28,42H,8-9,12-13,17H2,1-7H3/t20-,24?,28?/m0/s1. The van der Waals surface area contributed by atoms with Crippen LogP contribution in [0.15, 0.2) is 39.6 Å². The van der Waals surface area contributed by atoms with Gasteiger partial charge in [-0.2, -0.15) is 4.98 Å². The van der Waals surface area contributed by atoms with Crippen molar-refractivity contribution in [1.29, 1.82) is 0 Å². The van der Waals surface area contributed by atoms with Crippen molar-refractivity contribution >= 4 is 29.2 Å². The summed E-state index contributed by atoms with van der Waals surface area (Å²) in [4.78, 5) is 44.0. The Balaban J connectivity index is 1.70. The Morgan fingerprint density at radius 1 is 1.11 bits per heavy atom. The second-order valence-corrected chi connectivity index (χ2v) is 12.9. The lowest BCUT2D eigenvalue weighted by Crippen LogP contribution is -2.55. The SMILES string of the molecule is CCCC1N=CC=C(C)C1n1c(=O)nc(N2CCN(C(=O)OC(C)(C)C)C[C@@H]2C)c2cc(F)c(-c3c(O)cc(C)cc3F)nc21. The zero-order chi connectivity index (χ0) is 32.8. The molecular weight excluding hydrogens is 582 g/mol. The van der Waals surface area contributed by atoms with Gasteiger partial charge in [-0.05, 0) is 83.4 Å². The molecule has 1 aromatic carbocycles. The second-order valence-electron chi connectivity index (χ2n) is 12.9. The van der Waals surface area contributed by atoms with Gasteiger partial charge in [0.25, 0.3) is 0 Å². The molecular formula is C33H40F2N6O4.